The van der Waals surface area contributed by atoms with Crippen LogP contribution in [0, 0.1) is 20.2 Å². The van der Waals surface area contributed by atoms with Gasteiger partial charge in [0.1, 0.15) is 5.69 Å². The Morgan fingerprint density at radius 3 is 2.38 bits per heavy atom. The van der Waals surface area contributed by atoms with E-state index in [0.29, 0.717) is 0 Å². The smallest absolute Gasteiger partial charge is 0.271 e. The Hall–Kier alpha value is -2.77. The van der Waals surface area contributed by atoms with Gasteiger partial charge < -0.3 is 0 Å². The summed E-state index contributed by atoms with van der Waals surface area (Å²) in [7, 11) is 0. The van der Waals surface area contributed by atoms with Gasteiger partial charge in [-0.2, -0.15) is 5.10 Å². The second-order valence-electron chi connectivity index (χ2n) is 6.03. The highest BCUT2D eigenvalue weighted by Crippen LogP contribution is 2.35. The first kappa shape index (κ1) is 16.1. The molecule has 3 rings (SSSR count). The minimum Gasteiger partial charge on any atom is -0.271 e. The molecule has 2 aliphatic carbocycles. The van der Waals surface area contributed by atoms with E-state index in [0.717, 1.165) is 43.9 Å². The molecular formula is C16H18N4O4. The quantitative estimate of drug-likeness (QED) is 0.652. The van der Waals surface area contributed by atoms with E-state index in [2.05, 4.69) is 10.5 Å². The first-order valence-corrected chi connectivity index (χ1v) is 8.03. The van der Waals surface area contributed by atoms with Gasteiger partial charge in [-0.15, -0.1) is 0 Å². The molecule has 0 aliphatic heterocycles. The van der Waals surface area contributed by atoms with Crippen molar-refractivity contribution in [2.75, 3.05) is 5.43 Å². The number of benzene rings is 1. The summed E-state index contributed by atoms with van der Waals surface area (Å²) < 4.78 is 0. The Labute approximate surface area is 138 Å². The number of nitro benzene ring substituents is 2. The summed E-state index contributed by atoms with van der Waals surface area (Å²) in [5.41, 5.74) is 5.97. The van der Waals surface area contributed by atoms with Crippen molar-refractivity contribution in [3.05, 3.63) is 49.6 Å². The Morgan fingerprint density at radius 2 is 1.71 bits per heavy atom. The lowest BCUT2D eigenvalue weighted by Crippen LogP contribution is -2.03. The van der Waals surface area contributed by atoms with E-state index in [1.54, 1.807) is 0 Å². The number of nitrogens with zero attached hydrogens (tertiary/aromatic N) is 3. The fourth-order valence-corrected chi connectivity index (χ4v) is 3.34. The van der Waals surface area contributed by atoms with Crippen molar-refractivity contribution in [2.45, 2.75) is 44.9 Å². The number of non-ortho nitro benzene ring substituents is 1. The Bertz CT molecular complexity index is 746. The van der Waals surface area contributed by atoms with Gasteiger partial charge in [-0.05, 0) is 56.6 Å². The van der Waals surface area contributed by atoms with Crippen LogP contribution in [0.4, 0.5) is 17.1 Å². The Morgan fingerprint density at radius 1 is 0.958 bits per heavy atom. The second-order valence-corrected chi connectivity index (χ2v) is 6.03. The molecule has 0 unspecified atom stereocenters. The average molecular weight is 330 g/mol. The number of nitro groups is 2. The molecule has 0 atom stereocenters. The zero-order valence-electron chi connectivity index (χ0n) is 13.2. The van der Waals surface area contributed by atoms with Crippen LogP contribution in [0.1, 0.15) is 44.9 Å². The van der Waals surface area contributed by atoms with Gasteiger partial charge in [0.25, 0.3) is 5.69 Å². The van der Waals surface area contributed by atoms with E-state index in [1.165, 1.54) is 36.1 Å². The highest BCUT2D eigenvalue weighted by Gasteiger charge is 2.23. The largest absolute Gasteiger partial charge is 0.301 e. The molecule has 0 amide bonds. The first-order valence-electron chi connectivity index (χ1n) is 8.03. The number of hydrazone groups is 1. The number of nitrogens with one attached hydrogen (secondary N) is 1. The summed E-state index contributed by atoms with van der Waals surface area (Å²) in [6.07, 6.45) is 7.57. The Kier molecular flexibility index (Phi) is 4.54. The third-order valence-corrected chi connectivity index (χ3v) is 4.52. The van der Waals surface area contributed by atoms with Crippen LogP contribution in [0.3, 0.4) is 0 Å². The molecule has 0 bridgehead atoms. The van der Waals surface area contributed by atoms with Crippen LogP contribution in [0.25, 0.3) is 0 Å². The molecule has 0 saturated heterocycles. The normalized spacial score (nSPS) is 19.1. The second kappa shape index (κ2) is 6.77. The van der Waals surface area contributed by atoms with Crippen LogP contribution in [-0.2, 0) is 0 Å². The fourth-order valence-electron chi connectivity index (χ4n) is 3.34. The van der Waals surface area contributed by atoms with Crippen molar-refractivity contribution in [1.82, 2.24) is 0 Å². The van der Waals surface area contributed by atoms with E-state index in [9.17, 15) is 20.2 Å². The van der Waals surface area contributed by atoms with Crippen LogP contribution >= 0.6 is 0 Å². The average Bonchev–Trinajstić information content (AvgIpc) is 3.23. The van der Waals surface area contributed by atoms with E-state index >= 15 is 0 Å². The lowest BCUT2D eigenvalue weighted by Gasteiger charge is -2.07. The van der Waals surface area contributed by atoms with Gasteiger partial charge in [0.15, 0.2) is 0 Å². The van der Waals surface area contributed by atoms with Crippen LogP contribution in [0.5, 0.6) is 0 Å². The number of hydrogen-bond donors (Lipinski definition) is 1. The van der Waals surface area contributed by atoms with E-state index in [1.807, 2.05) is 0 Å². The van der Waals surface area contributed by atoms with Crippen molar-refractivity contribution >= 4 is 22.8 Å². The summed E-state index contributed by atoms with van der Waals surface area (Å²) >= 11 is 0. The number of anilines is 1. The maximum absolute atomic E-state index is 11.2. The van der Waals surface area contributed by atoms with Crippen LogP contribution in [-0.4, -0.2) is 15.6 Å². The van der Waals surface area contributed by atoms with E-state index in [-0.39, 0.29) is 17.1 Å². The molecule has 1 N–H and O–H groups in total. The van der Waals surface area contributed by atoms with Gasteiger partial charge in [-0.3, -0.25) is 25.7 Å². The van der Waals surface area contributed by atoms with Crippen molar-refractivity contribution in [2.24, 2.45) is 5.10 Å². The molecule has 1 aromatic rings. The van der Waals surface area contributed by atoms with E-state index in [4.69, 9.17) is 0 Å². The zero-order chi connectivity index (χ0) is 17.1. The maximum atomic E-state index is 11.2. The summed E-state index contributed by atoms with van der Waals surface area (Å²) in [5, 5.41) is 26.3. The number of allylic oxidation sites excluding steroid dienone is 2. The highest BCUT2D eigenvalue weighted by molar-refractivity contribution is 6.03. The summed E-state index contributed by atoms with van der Waals surface area (Å²) in [6, 6.07) is 3.52. The van der Waals surface area contributed by atoms with Gasteiger partial charge >= 0.3 is 5.69 Å². The molecule has 2 aliphatic rings. The number of hydrogen-bond acceptors (Lipinski definition) is 6. The van der Waals surface area contributed by atoms with Crippen molar-refractivity contribution < 1.29 is 9.85 Å². The van der Waals surface area contributed by atoms with Gasteiger partial charge in [-0.25, -0.2) is 0 Å². The van der Waals surface area contributed by atoms with Gasteiger partial charge in [-0.1, -0.05) is 5.57 Å². The first-order chi connectivity index (χ1) is 11.6. The molecule has 8 heteroatoms. The standard InChI is InChI=1S/C16H18N4O4/c21-19(22)12-8-9-15(16(10-12)20(23)24)18-17-14-7-3-6-13(14)11-4-1-2-5-11/h8-10,18H,1-7H2. The minimum absolute atomic E-state index is 0.167. The van der Waals surface area contributed by atoms with E-state index < -0.39 is 9.85 Å². The van der Waals surface area contributed by atoms with Crippen LogP contribution in [0.2, 0.25) is 0 Å². The molecule has 0 aromatic heterocycles. The zero-order valence-corrected chi connectivity index (χ0v) is 13.2. The van der Waals surface area contributed by atoms with Crippen molar-refractivity contribution in [1.29, 1.82) is 0 Å². The molecule has 1 aromatic carbocycles. The van der Waals surface area contributed by atoms with Gasteiger partial charge in [0.05, 0.1) is 21.6 Å². The lowest BCUT2D eigenvalue weighted by molar-refractivity contribution is -0.393. The summed E-state index contributed by atoms with van der Waals surface area (Å²) in [4.78, 5) is 20.6. The third-order valence-electron chi connectivity index (χ3n) is 4.52. The summed E-state index contributed by atoms with van der Waals surface area (Å²) in [5.74, 6) is 0. The SMILES string of the molecule is O=[N+]([O-])c1ccc(NN=C2CCCC2=C2CCCC2)c([N+](=O)[O-])c1. The molecular weight excluding hydrogens is 312 g/mol. The topological polar surface area (TPSA) is 111 Å². The van der Waals surface area contributed by atoms with Crippen LogP contribution in [0.15, 0.2) is 34.4 Å². The van der Waals surface area contributed by atoms with Crippen molar-refractivity contribution in [3.8, 4) is 0 Å². The molecule has 2 saturated carbocycles. The minimum atomic E-state index is -0.651. The fraction of sp³-hybridized carbons (Fsp3) is 0.438. The molecule has 2 fully saturated rings. The van der Waals surface area contributed by atoms with Gasteiger partial charge in [0, 0.05) is 6.07 Å². The van der Waals surface area contributed by atoms with Crippen LogP contribution < -0.4 is 5.43 Å². The predicted octanol–water partition coefficient (Wildman–Crippen LogP) is 4.33. The lowest BCUT2D eigenvalue weighted by atomic mass is 10.0. The van der Waals surface area contributed by atoms with Gasteiger partial charge in [0.2, 0.25) is 0 Å². The summed E-state index contributed by atoms with van der Waals surface area (Å²) in [6.45, 7) is 0. The number of rotatable bonds is 4. The predicted molar refractivity (Wildman–Crippen MR) is 90.2 cm³/mol. The molecule has 0 spiro atoms. The maximum Gasteiger partial charge on any atom is 0.301 e. The molecule has 0 radical (unpaired) electrons. The Balaban J connectivity index is 1.87. The molecule has 0 heterocycles. The molecule has 8 nitrogen and oxygen atoms in total. The molecule has 126 valence electrons. The molecule has 24 heavy (non-hydrogen) atoms. The highest BCUT2D eigenvalue weighted by atomic mass is 16.6. The third kappa shape index (κ3) is 3.27. The van der Waals surface area contributed by atoms with Crippen molar-refractivity contribution in [3.63, 3.8) is 0 Å². The monoisotopic (exact) mass is 330 g/mol.